The Morgan fingerprint density at radius 1 is 1.09 bits per heavy atom. The second-order valence-electron chi connectivity index (χ2n) is 8.76. The molecule has 0 atom stereocenters. The number of hydrogen-bond donors (Lipinski definition) is 1. The molecule has 0 aliphatic carbocycles. The molecule has 3 aromatic heterocycles. The maximum Gasteiger partial charge on any atom is 0.268 e. The van der Waals surface area contributed by atoms with Crippen LogP contribution >= 0.6 is 11.3 Å². The lowest BCUT2D eigenvalue weighted by atomic mass is 9.99. The number of nitrogens with zero attached hydrogens (tertiary/aromatic N) is 4. The summed E-state index contributed by atoms with van der Waals surface area (Å²) in [6, 6.07) is 19.7. The zero-order valence-corrected chi connectivity index (χ0v) is 20.5. The summed E-state index contributed by atoms with van der Waals surface area (Å²) in [5.41, 5.74) is 4.49. The van der Waals surface area contributed by atoms with E-state index in [1.54, 1.807) is 22.8 Å². The maximum atomic E-state index is 13.6. The van der Waals surface area contributed by atoms with Crippen LogP contribution in [0.2, 0.25) is 0 Å². The molecule has 8 heteroatoms. The summed E-state index contributed by atoms with van der Waals surface area (Å²) in [7, 11) is 1.70. The number of amides is 1. The maximum absolute atomic E-state index is 13.6. The predicted octanol–water partition coefficient (Wildman–Crippen LogP) is 5.23. The van der Waals surface area contributed by atoms with E-state index in [-0.39, 0.29) is 18.0 Å². The van der Waals surface area contributed by atoms with Crippen LogP contribution in [0.3, 0.4) is 0 Å². The first kappa shape index (κ1) is 22.7. The van der Waals surface area contributed by atoms with Crippen molar-refractivity contribution < 1.29 is 4.79 Å². The zero-order valence-electron chi connectivity index (χ0n) is 19.7. The molecule has 0 aliphatic rings. The van der Waals surface area contributed by atoms with E-state index in [0.29, 0.717) is 33.2 Å². The summed E-state index contributed by atoms with van der Waals surface area (Å²) in [5.74, 6) is 0.645. The van der Waals surface area contributed by atoms with Gasteiger partial charge in [-0.05, 0) is 35.1 Å². The Balaban J connectivity index is 1.51. The molecule has 2 aromatic carbocycles. The number of fused-ring (bicyclic) bond motifs is 1. The number of carbonyl (C=O) groups is 1. The van der Waals surface area contributed by atoms with Gasteiger partial charge in [-0.2, -0.15) is 5.10 Å². The van der Waals surface area contributed by atoms with Crippen molar-refractivity contribution in [2.45, 2.75) is 26.3 Å². The number of para-hydroxylation sites is 1. The lowest BCUT2D eigenvalue weighted by Crippen LogP contribution is -2.28. The fourth-order valence-corrected chi connectivity index (χ4v) is 4.71. The van der Waals surface area contributed by atoms with E-state index in [1.807, 2.05) is 53.9 Å². The van der Waals surface area contributed by atoms with Crippen molar-refractivity contribution in [3.8, 4) is 16.9 Å². The third-order valence-electron chi connectivity index (χ3n) is 5.91. The largest absolute Gasteiger partial charge is 0.334 e. The Labute approximate surface area is 206 Å². The highest BCUT2D eigenvalue weighted by Gasteiger charge is 2.22. The number of carbonyl (C=O) groups excluding carboxylic acids is 1. The van der Waals surface area contributed by atoms with Crippen LogP contribution < -0.4 is 5.56 Å². The van der Waals surface area contributed by atoms with Gasteiger partial charge in [-0.3, -0.25) is 9.59 Å². The smallest absolute Gasteiger partial charge is 0.268 e. The van der Waals surface area contributed by atoms with Crippen molar-refractivity contribution in [3.63, 3.8) is 0 Å². The number of aromatic amines is 1. The van der Waals surface area contributed by atoms with Gasteiger partial charge in [0.05, 0.1) is 23.3 Å². The topological polar surface area (TPSA) is 83.9 Å². The van der Waals surface area contributed by atoms with E-state index in [4.69, 9.17) is 5.10 Å². The lowest BCUT2D eigenvalue weighted by Gasteiger charge is -2.16. The molecule has 0 saturated heterocycles. The molecule has 0 saturated carbocycles. The van der Waals surface area contributed by atoms with Gasteiger partial charge in [-0.25, -0.2) is 9.67 Å². The number of H-pyrrole nitrogens is 1. The molecule has 35 heavy (non-hydrogen) atoms. The number of rotatable bonds is 6. The van der Waals surface area contributed by atoms with Crippen LogP contribution in [-0.4, -0.2) is 37.6 Å². The molecular formula is C27H25N5O2S. The normalized spacial score (nSPS) is 11.3. The van der Waals surface area contributed by atoms with Gasteiger partial charge in [-0.1, -0.05) is 56.3 Å². The zero-order chi connectivity index (χ0) is 24.5. The van der Waals surface area contributed by atoms with Gasteiger partial charge in [0.2, 0.25) is 0 Å². The average molecular weight is 484 g/mol. The van der Waals surface area contributed by atoms with Crippen LogP contribution in [0.4, 0.5) is 0 Å². The van der Waals surface area contributed by atoms with Gasteiger partial charge in [0.1, 0.15) is 16.2 Å². The van der Waals surface area contributed by atoms with E-state index in [9.17, 15) is 9.59 Å². The molecule has 3 heterocycles. The highest BCUT2D eigenvalue weighted by molar-refractivity contribution is 7.17. The second kappa shape index (κ2) is 9.31. The van der Waals surface area contributed by atoms with E-state index in [0.717, 1.165) is 11.3 Å². The molecule has 0 bridgehead atoms. The molecular weight excluding hydrogens is 458 g/mol. The van der Waals surface area contributed by atoms with Crippen LogP contribution in [0.1, 0.15) is 41.5 Å². The van der Waals surface area contributed by atoms with Crippen molar-refractivity contribution in [2.75, 3.05) is 7.05 Å². The van der Waals surface area contributed by atoms with Crippen molar-refractivity contribution in [1.82, 2.24) is 24.6 Å². The summed E-state index contributed by atoms with van der Waals surface area (Å²) in [5, 5.41) is 6.61. The third-order valence-corrected chi connectivity index (χ3v) is 6.82. The first-order valence-electron chi connectivity index (χ1n) is 11.4. The van der Waals surface area contributed by atoms with Gasteiger partial charge >= 0.3 is 0 Å². The van der Waals surface area contributed by atoms with Crippen molar-refractivity contribution in [3.05, 3.63) is 99.5 Å². The van der Waals surface area contributed by atoms with E-state index < -0.39 is 0 Å². The quantitative estimate of drug-likeness (QED) is 0.358. The van der Waals surface area contributed by atoms with Crippen molar-refractivity contribution in [1.29, 1.82) is 0 Å². The number of nitrogens with one attached hydrogen (secondary N) is 1. The number of thiophene rings is 1. The SMILES string of the molecule is CC(C)c1ccc(-c2nn(-c3ccccc3)cc2C(=O)N(C)Cc2nc3ccsc3c(=O)[nH]2)cc1. The first-order valence-corrected chi connectivity index (χ1v) is 12.3. The molecule has 0 radical (unpaired) electrons. The molecule has 0 aliphatic heterocycles. The van der Waals surface area contributed by atoms with E-state index in [2.05, 4.69) is 35.9 Å². The summed E-state index contributed by atoms with van der Waals surface area (Å²) >= 11 is 1.35. The van der Waals surface area contributed by atoms with Crippen LogP contribution in [0.15, 0.2) is 77.0 Å². The average Bonchev–Trinajstić information content (AvgIpc) is 3.52. The Hall–Kier alpha value is -4.04. The summed E-state index contributed by atoms with van der Waals surface area (Å²) in [6.07, 6.45) is 1.76. The van der Waals surface area contributed by atoms with Crippen LogP contribution in [-0.2, 0) is 6.54 Å². The van der Waals surface area contributed by atoms with Crippen LogP contribution in [0.25, 0.3) is 27.2 Å². The van der Waals surface area contributed by atoms with E-state index >= 15 is 0 Å². The van der Waals surface area contributed by atoms with Gasteiger partial charge in [0.25, 0.3) is 11.5 Å². The molecule has 1 N–H and O–H groups in total. The molecule has 0 unspecified atom stereocenters. The summed E-state index contributed by atoms with van der Waals surface area (Å²) in [4.78, 5) is 34.8. The summed E-state index contributed by atoms with van der Waals surface area (Å²) < 4.78 is 2.31. The van der Waals surface area contributed by atoms with E-state index in [1.165, 1.54) is 16.9 Å². The second-order valence-corrected chi connectivity index (χ2v) is 9.67. The minimum atomic E-state index is -0.205. The fraction of sp³-hybridized carbons (Fsp3) is 0.185. The molecule has 5 aromatic rings. The standard InChI is InChI=1S/C27H25N5O2S/c1-17(2)18-9-11-19(12-10-18)24-21(15-32(30-24)20-7-5-4-6-8-20)27(34)31(3)16-23-28-22-13-14-35-25(22)26(33)29-23/h4-15,17H,16H2,1-3H3,(H,28,29,33). The molecule has 0 fully saturated rings. The minimum absolute atomic E-state index is 0.169. The van der Waals surface area contributed by atoms with Gasteiger partial charge in [-0.15, -0.1) is 11.3 Å². The number of benzene rings is 2. The lowest BCUT2D eigenvalue weighted by molar-refractivity contribution is 0.0782. The Bertz CT molecular complexity index is 1550. The number of aromatic nitrogens is 4. The minimum Gasteiger partial charge on any atom is -0.334 e. The highest BCUT2D eigenvalue weighted by atomic mass is 32.1. The van der Waals surface area contributed by atoms with Crippen molar-refractivity contribution in [2.24, 2.45) is 0 Å². The Morgan fingerprint density at radius 2 is 1.83 bits per heavy atom. The molecule has 5 rings (SSSR count). The molecule has 176 valence electrons. The van der Waals surface area contributed by atoms with Gasteiger partial charge in [0.15, 0.2) is 0 Å². The van der Waals surface area contributed by atoms with Gasteiger partial charge in [0, 0.05) is 18.8 Å². The van der Waals surface area contributed by atoms with Gasteiger partial charge < -0.3 is 9.88 Å². The monoisotopic (exact) mass is 483 g/mol. The molecule has 1 amide bonds. The van der Waals surface area contributed by atoms with Crippen molar-refractivity contribution >= 4 is 27.5 Å². The predicted molar refractivity (Wildman–Crippen MR) is 139 cm³/mol. The Kier molecular flexibility index (Phi) is 6.05. The fourth-order valence-electron chi connectivity index (χ4n) is 3.98. The Morgan fingerprint density at radius 3 is 2.54 bits per heavy atom. The third kappa shape index (κ3) is 4.52. The summed E-state index contributed by atoms with van der Waals surface area (Å²) in [6.45, 7) is 4.46. The van der Waals surface area contributed by atoms with Crippen LogP contribution in [0.5, 0.6) is 0 Å². The molecule has 0 spiro atoms. The highest BCUT2D eigenvalue weighted by Crippen LogP contribution is 2.27. The number of hydrogen-bond acceptors (Lipinski definition) is 5. The van der Waals surface area contributed by atoms with Crippen LogP contribution in [0, 0.1) is 0 Å². The first-order chi connectivity index (χ1) is 16.9. The molecule has 7 nitrogen and oxygen atoms in total.